The third-order valence-electron chi connectivity index (χ3n) is 5.22. The minimum Gasteiger partial charge on any atom is -0.338 e. The molecule has 2 aromatic rings. The van der Waals surface area contributed by atoms with Gasteiger partial charge in [0.05, 0.1) is 11.4 Å². The molecule has 0 unspecified atom stereocenters. The van der Waals surface area contributed by atoms with Crippen molar-refractivity contribution in [1.29, 1.82) is 0 Å². The topological polar surface area (TPSA) is 79.3 Å². The van der Waals surface area contributed by atoms with Crippen LogP contribution in [0.2, 0.25) is 5.02 Å². The fourth-order valence-electron chi connectivity index (χ4n) is 3.12. The summed E-state index contributed by atoms with van der Waals surface area (Å²) in [6.07, 6.45) is 2.73. The Bertz CT molecular complexity index is 916. The van der Waals surface area contributed by atoms with Gasteiger partial charge in [-0.05, 0) is 43.0 Å². The summed E-state index contributed by atoms with van der Waals surface area (Å²) in [7, 11) is 0. The van der Waals surface area contributed by atoms with Crippen LogP contribution in [0.25, 0.3) is 5.69 Å². The molecule has 1 aromatic carbocycles. The van der Waals surface area contributed by atoms with Crippen molar-refractivity contribution in [3.05, 3.63) is 41.0 Å². The zero-order valence-corrected chi connectivity index (χ0v) is 21.5. The number of benzene rings is 1. The molecule has 0 spiro atoms. The van der Waals surface area contributed by atoms with E-state index in [1.165, 1.54) is 0 Å². The van der Waals surface area contributed by atoms with Crippen LogP contribution in [0.5, 0.6) is 0 Å². The number of hydrogen-bond donors (Lipinski definition) is 2. The Balaban J connectivity index is 2.22. The van der Waals surface area contributed by atoms with Gasteiger partial charge in [0.2, 0.25) is 5.91 Å². The lowest BCUT2D eigenvalue weighted by molar-refractivity contribution is -0.116. The fourth-order valence-corrected chi connectivity index (χ4v) is 3.25. The summed E-state index contributed by atoms with van der Waals surface area (Å²) in [5.74, 6) is 0.724. The molecule has 182 valence electrons. The highest BCUT2D eigenvalue weighted by Crippen LogP contribution is 2.27. The van der Waals surface area contributed by atoms with Gasteiger partial charge >= 0.3 is 6.03 Å². The maximum absolute atomic E-state index is 13.0. The lowest BCUT2D eigenvalue weighted by atomic mass is 9.92. The molecule has 2 N–H and O–H groups in total. The molecular formula is C25H38ClN5O2. The van der Waals surface area contributed by atoms with Crippen molar-refractivity contribution in [1.82, 2.24) is 20.0 Å². The average Bonchev–Trinajstić information content (AvgIpc) is 3.15. The molecule has 1 heterocycles. The molecule has 7 nitrogen and oxygen atoms in total. The summed E-state index contributed by atoms with van der Waals surface area (Å²) >= 11 is 6.04. The van der Waals surface area contributed by atoms with E-state index in [9.17, 15) is 9.59 Å². The van der Waals surface area contributed by atoms with Gasteiger partial charge in [0.1, 0.15) is 12.4 Å². The number of carbonyl (C=O) groups is 2. The molecule has 0 aliphatic rings. The van der Waals surface area contributed by atoms with E-state index in [0.717, 1.165) is 30.6 Å². The predicted octanol–water partition coefficient (Wildman–Crippen LogP) is 5.62. The summed E-state index contributed by atoms with van der Waals surface area (Å²) in [5.41, 5.74) is 1.44. The Morgan fingerprint density at radius 1 is 1.18 bits per heavy atom. The van der Waals surface area contributed by atoms with Crippen LogP contribution in [0.1, 0.15) is 66.5 Å². The van der Waals surface area contributed by atoms with Crippen molar-refractivity contribution in [3.63, 3.8) is 0 Å². The summed E-state index contributed by atoms with van der Waals surface area (Å²) in [4.78, 5) is 27.3. The number of urea groups is 1. The molecule has 3 amide bonds. The number of unbranched alkanes of at least 4 members (excludes halogenated alkanes) is 1. The van der Waals surface area contributed by atoms with Gasteiger partial charge in [0.15, 0.2) is 0 Å². The first-order valence-corrected chi connectivity index (χ1v) is 12.1. The molecule has 0 saturated heterocycles. The van der Waals surface area contributed by atoms with Gasteiger partial charge < -0.3 is 15.5 Å². The van der Waals surface area contributed by atoms with Gasteiger partial charge in [-0.1, -0.05) is 59.6 Å². The number of amides is 3. The second-order valence-corrected chi connectivity index (χ2v) is 10.2. The normalized spacial score (nSPS) is 11.5. The monoisotopic (exact) mass is 475 g/mol. The molecule has 0 bridgehead atoms. The predicted molar refractivity (Wildman–Crippen MR) is 135 cm³/mol. The van der Waals surface area contributed by atoms with Crippen molar-refractivity contribution >= 4 is 29.4 Å². The van der Waals surface area contributed by atoms with Gasteiger partial charge in [-0.3, -0.25) is 4.79 Å². The van der Waals surface area contributed by atoms with Gasteiger partial charge in [0.25, 0.3) is 0 Å². The number of aromatic nitrogens is 2. The number of rotatable bonds is 10. The highest BCUT2D eigenvalue weighted by Gasteiger charge is 2.23. The molecule has 0 aliphatic heterocycles. The Labute approximate surface area is 202 Å². The molecule has 0 fully saturated rings. The van der Waals surface area contributed by atoms with Gasteiger partial charge in [-0.15, -0.1) is 0 Å². The number of halogens is 1. The molecular weight excluding hydrogens is 438 g/mol. The van der Waals surface area contributed by atoms with Gasteiger partial charge in [0, 0.05) is 29.6 Å². The molecule has 8 heteroatoms. The number of anilines is 1. The van der Waals surface area contributed by atoms with Crippen LogP contribution >= 0.6 is 11.6 Å². The van der Waals surface area contributed by atoms with Crippen molar-refractivity contribution in [2.45, 2.75) is 66.2 Å². The highest BCUT2D eigenvalue weighted by molar-refractivity contribution is 6.30. The van der Waals surface area contributed by atoms with E-state index in [1.807, 2.05) is 18.2 Å². The zero-order chi connectivity index (χ0) is 24.6. The maximum Gasteiger partial charge on any atom is 0.317 e. The fraction of sp³-hybridized carbons (Fsp3) is 0.560. The second-order valence-electron chi connectivity index (χ2n) is 9.79. The highest BCUT2D eigenvalue weighted by atomic mass is 35.5. The van der Waals surface area contributed by atoms with Crippen molar-refractivity contribution in [2.24, 2.45) is 5.92 Å². The number of carbonyl (C=O) groups excluding carboxylic acids is 2. The summed E-state index contributed by atoms with van der Waals surface area (Å²) < 4.78 is 1.70. The van der Waals surface area contributed by atoms with Gasteiger partial charge in [-0.2, -0.15) is 5.10 Å². The molecule has 0 atom stereocenters. The quantitative estimate of drug-likeness (QED) is 0.437. The Morgan fingerprint density at radius 3 is 2.42 bits per heavy atom. The first kappa shape index (κ1) is 26.7. The summed E-state index contributed by atoms with van der Waals surface area (Å²) in [6, 6.07) is 8.96. The van der Waals surface area contributed by atoms with Crippen LogP contribution in [0, 0.1) is 5.92 Å². The van der Waals surface area contributed by atoms with Crippen molar-refractivity contribution < 1.29 is 9.59 Å². The van der Waals surface area contributed by atoms with E-state index in [0.29, 0.717) is 29.8 Å². The third-order valence-corrected chi connectivity index (χ3v) is 5.47. The number of nitrogens with one attached hydrogen (secondary N) is 2. The van der Waals surface area contributed by atoms with Crippen LogP contribution in [-0.2, 0) is 10.2 Å². The smallest absolute Gasteiger partial charge is 0.317 e. The number of nitrogens with zero attached hydrogens (tertiary/aromatic N) is 3. The lowest BCUT2D eigenvalue weighted by Gasteiger charge is -2.23. The van der Waals surface area contributed by atoms with Crippen molar-refractivity contribution in [3.8, 4) is 5.69 Å². The number of hydrogen-bond acceptors (Lipinski definition) is 3. The second kappa shape index (κ2) is 12.1. The van der Waals surface area contributed by atoms with E-state index in [-0.39, 0.29) is 23.9 Å². The summed E-state index contributed by atoms with van der Waals surface area (Å²) in [6.45, 7) is 13.6. The average molecular weight is 476 g/mol. The Morgan fingerprint density at radius 2 is 1.85 bits per heavy atom. The maximum atomic E-state index is 13.0. The molecule has 2 rings (SSSR count). The minimum atomic E-state index is -0.264. The molecule has 33 heavy (non-hydrogen) atoms. The third kappa shape index (κ3) is 8.39. The Kier molecular flexibility index (Phi) is 9.77. The van der Waals surface area contributed by atoms with Crippen LogP contribution in [0.4, 0.5) is 10.6 Å². The molecule has 0 aliphatic carbocycles. The summed E-state index contributed by atoms with van der Waals surface area (Å²) in [5, 5.41) is 11.2. The van der Waals surface area contributed by atoms with Crippen LogP contribution in [-0.4, -0.2) is 46.3 Å². The van der Waals surface area contributed by atoms with E-state index >= 15 is 0 Å². The molecule has 1 aromatic heterocycles. The molecule has 0 radical (unpaired) electrons. The van der Waals surface area contributed by atoms with E-state index in [1.54, 1.807) is 21.7 Å². The van der Waals surface area contributed by atoms with Gasteiger partial charge in [-0.25, -0.2) is 9.48 Å². The largest absolute Gasteiger partial charge is 0.338 e. The minimum absolute atomic E-state index is 0.0265. The standard InChI is InChI=1S/C25H38ClN5O2/c1-7-8-14-27-24(33)30(15-13-18(2)3)17-23(32)28-22-16-21(25(4,5)6)29-31(22)20-11-9-19(26)10-12-20/h9-12,16,18H,7-8,13-15,17H2,1-6H3,(H,27,33)(H,28,32). The Hall–Kier alpha value is -2.54. The van der Waals surface area contributed by atoms with Crippen LogP contribution < -0.4 is 10.6 Å². The van der Waals surface area contributed by atoms with Crippen LogP contribution in [0.3, 0.4) is 0 Å². The lowest BCUT2D eigenvalue weighted by Crippen LogP contribution is -2.45. The van der Waals surface area contributed by atoms with E-state index in [2.05, 4.69) is 52.2 Å². The first-order chi connectivity index (χ1) is 15.5. The first-order valence-electron chi connectivity index (χ1n) is 11.7. The van der Waals surface area contributed by atoms with E-state index in [4.69, 9.17) is 16.7 Å². The van der Waals surface area contributed by atoms with E-state index < -0.39 is 0 Å². The van der Waals surface area contributed by atoms with Crippen molar-refractivity contribution in [2.75, 3.05) is 25.0 Å². The SMILES string of the molecule is CCCCNC(=O)N(CCC(C)C)CC(=O)Nc1cc(C(C)(C)C)nn1-c1ccc(Cl)cc1. The molecule has 0 saturated carbocycles. The van der Waals surface area contributed by atoms with Crippen LogP contribution in [0.15, 0.2) is 30.3 Å². The zero-order valence-electron chi connectivity index (χ0n) is 20.7.